The Morgan fingerprint density at radius 2 is 1.60 bits per heavy atom. The summed E-state index contributed by atoms with van der Waals surface area (Å²) in [5, 5.41) is 47.5. The maximum Gasteiger partial charge on any atom is 0.203 e. The highest BCUT2D eigenvalue weighted by Gasteiger charge is 2.72. The molecule has 3 aliphatic carbocycles. The molecule has 0 bridgehead atoms. The third-order valence-electron chi connectivity index (χ3n) is 10.3. The van der Waals surface area contributed by atoms with Crippen LogP contribution in [-0.2, 0) is 20.8 Å². The molecule has 7 heteroatoms. The number of aromatic hydroxyl groups is 1. The fourth-order valence-electron chi connectivity index (χ4n) is 8.65. The Balaban J connectivity index is 1.86. The van der Waals surface area contributed by atoms with Crippen LogP contribution in [-0.4, -0.2) is 43.4 Å². The molecular formula is C36H42O7. The number of phenols is 1. The lowest BCUT2D eigenvalue weighted by Crippen LogP contribution is -2.69. The Morgan fingerprint density at radius 1 is 0.977 bits per heavy atom. The molecule has 228 valence electrons. The quantitative estimate of drug-likeness (QED) is 0.297. The van der Waals surface area contributed by atoms with E-state index >= 15 is 0 Å². The van der Waals surface area contributed by atoms with Crippen LogP contribution in [0, 0.1) is 36.5 Å². The van der Waals surface area contributed by atoms with Crippen molar-refractivity contribution < 1.29 is 34.8 Å². The highest BCUT2D eigenvalue weighted by atomic mass is 16.3. The van der Waals surface area contributed by atoms with Gasteiger partial charge in [-0.25, -0.2) is 0 Å². The second-order valence-electron chi connectivity index (χ2n) is 14.1. The van der Waals surface area contributed by atoms with E-state index in [4.69, 9.17) is 0 Å². The van der Waals surface area contributed by atoms with E-state index in [1.807, 2.05) is 58.9 Å². The number of aliphatic hydroxyl groups excluding tert-OH is 2. The van der Waals surface area contributed by atoms with Gasteiger partial charge in [-0.15, -0.1) is 0 Å². The van der Waals surface area contributed by atoms with E-state index in [9.17, 15) is 34.8 Å². The molecule has 1 unspecified atom stereocenters. The number of rotatable bonds is 4. The molecule has 4 N–H and O–H groups in total. The molecule has 0 radical (unpaired) electrons. The smallest absolute Gasteiger partial charge is 0.203 e. The van der Waals surface area contributed by atoms with Crippen molar-refractivity contribution in [3.05, 3.63) is 69.0 Å². The van der Waals surface area contributed by atoms with Crippen LogP contribution in [0.5, 0.6) is 5.75 Å². The first-order chi connectivity index (χ1) is 19.8. The summed E-state index contributed by atoms with van der Waals surface area (Å²) in [7, 11) is 0. The number of Topliss-reactive ketones (excluding diaryl/α,β-unsaturated/α-hetero) is 3. The van der Waals surface area contributed by atoms with Gasteiger partial charge in [0.05, 0.1) is 5.56 Å². The van der Waals surface area contributed by atoms with Crippen molar-refractivity contribution in [3.8, 4) is 16.9 Å². The summed E-state index contributed by atoms with van der Waals surface area (Å²) in [6.07, 6.45) is 0.332. The highest BCUT2D eigenvalue weighted by molar-refractivity contribution is 6.24. The molecule has 0 amide bonds. The van der Waals surface area contributed by atoms with Crippen molar-refractivity contribution in [2.24, 2.45) is 22.7 Å². The Kier molecular flexibility index (Phi) is 6.90. The number of aryl methyl sites for hydroxylation is 2. The number of fused-ring (bicyclic) bond motifs is 3. The molecule has 4 atom stereocenters. The molecule has 1 fully saturated rings. The number of carbonyl (C=O) groups excluding carboxylic acids is 3. The van der Waals surface area contributed by atoms with Crippen molar-refractivity contribution >= 4 is 23.1 Å². The highest BCUT2D eigenvalue weighted by Crippen LogP contribution is 2.65. The predicted molar refractivity (Wildman–Crippen MR) is 165 cm³/mol. The minimum absolute atomic E-state index is 0.00777. The van der Waals surface area contributed by atoms with Gasteiger partial charge in [-0.3, -0.25) is 14.4 Å². The van der Waals surface area contributed by atoms with E-state index in [0.717, 1.165) is 29.2 Å². The maximum absolute atomic E-state index is 14.6. The van der Waals surface area contributed by atoms with Crippen molar-refractivity contribution in [1.29, 1.82) is 0 Å². The van der Waals surface area contributed by atoms with Crippen LogP contribution in [0.15, 0.2) is 41.2 Å². The van der Waals surface area contributed by atoms with Gasteiger partial charge in [0.2, 0.25) is 5.78 Å². The predicted octanol–water partition coefficient (Wildman–Crippen LogP) is 6.60. The van der Waals surface area contributed by atoms with Gasteiger partial charge in [-0.2, -0.15) is 0 Å². The molecule has 0 heterocycles. The number of allylic oxidation sites excluding steroid dienone is 1. The summed E-state index contributed by atoms with van der Waals surface area (Å²) in [4.78, 5) is 40.9. The second kappa shape index (κ2) is 9.65. The van der Waals surface area contributed by atoms with Crippen LogP contribution in [0.2, 0.25) is 0 Å². The average Bonchev–Trinajstić information content (AvgIpc) is 2.86. The molecule has 0 aliphatic heterocycles. The maximum atomic E-state index is 14.6. The summed E-state index contributed by atoms with van der Waals surface area (Å²) in [5.74, 6) is -5.17. The lowest BCUT2D eigenvalue weighted by atomic mass is 9.43. The summed E-state index contributed by atoms with van der Waals surface area (Å²) in [6, 6.07) is 7.83. The molecule has 0 saturated heterocycles. The molecule has 1 saturated carbocycles. The number of benzene rings is 2. The zero-order valence-corrected chi connectivity index (χ0v) is 26.5. The molecule has 3 aliphatic rings. The zero-order valence-electron chi connectivity index (χ0n) is 26.5. The van der Waals surface area contributed by atoms with Crippen molar-refractivity contribution in [2.45, 2.75) is 86.7 Å². The van der Waals surface area contributed by atoms with Crippen LogP contribution in [0.3, 0.4) is 0 Å². The zero-order chi connectivity index (χ0) is 32.1. The number of phenolic OH excluding ortho intramolecular Hbond substituents is 1. The summed E-state index contributed by atoms with van der Waals surface area (Å²) >= 11 is 0. The molecular weight excluding hydrogens is 544 g/mol. The Labute approximate surface area is 253 Å². The second-order valence-corrected chi connectivity index (χ2v) is 14.1. The first-order valence-electron chi connectivity index (χ1n) is 15.0. The van der Waals surface area contributed by atoms with Crippen LogP contribution < -0.4 is 0 Å². The average molecular weight is 587 g/mol. The molecule has 7 nitrogen and oxygen atoms in total. The lowest BCUT2D eigenvalue weighted by Gasteiger charge is -2.60. The first kappa shape index (κ1) is 30.7. The van der Waals surface area contributed by atoms with Gasteiger partial charge in [-0.1, -0.05) is 65.3 Å². The number of hydrogen-bond donors (Lipinski definition) is 4. The van der Waals surface area contributed by atoms with E-state index < -0.39 is 56.8 Å². The van der Waals surface area contributed by atoms with Crippen molar-refractivity contribution in [2.75, 3.05) is 0 Å². The van der Waals surface area contributed by atoms with Crippen molar-refractivity contribution in [3.63, 3.8) is 0 Å². The molecule has 2 aromatic carbocycles. The molecule has 2 aromatic rings. The first-order valence-corrected chi connectivity index (χ1v) is 15.0. The van der Waals surface area contributed by atoms with Gasteiger partial charge < -0.3 is 20.4 Å². The van der Waals surface area contributed by atoms with Crippen LogP contribution in [0.4, 0.5) is 0 Å². The topological polar surface area (TPSA) is 132 Å². The standard InChI is InChI=1S/C36H42O7/c1-16(2)22-13-23(21-11-10-18(5)12-19(21)6)29(38)26-24(22)14-34(8)15-35(9)27(17(3)4)30(39)25(20(7)37)32(41)36(35,43)33(42)28(34)31(26)40/h10-13,16-17,27,38,40-41,43H,14-15H2,1-9H3/t27?,34-,35-,36+/m1/s1. The number of aliphatic hydroxyl groups is 3. The third-order valence-corrected chi connectivity index (χ3v) is 10.3. The minimum atomic E-state index is -2.63. The summed E-state index contributed by atoms with van der Waals surface area (Å²) in [6.45, 7) is 16.2. The van der Waals surface area contributed by atoms with Gasteiger partial charge in [0.1, 0.15) is 22.8 Å². The molecule has 0 aromatic heterocycles. The summed E-state index contributed by atoms with van der Waals surface area (Å²) in [5.41, 5.74) is -0.774. The molecule has 43 heavy (non-hydrogen) atoms. The van der Waals surface area contributed by atoms with Crippen LogP contribution in [0.25, 0.3) is 16.9 Å². The van der Waals surface area contributed by atoms with Crippen molar-refractivity contribution in [1.82, 2.24) is 0 Å². The van der Waals surface area contributed by atoms with E-state index in [2.05, 4.69) is 0 Å². The fourth-order valence-corrected chi connectivity index (χ4v) is 8.65. The van der Waals surface area contributed by atoms with E-state index in [1.54, 1.807) is 20.8 Å². The lowest BCUT2D eigenvalue weighted by molar-refractivity contribution is -0.178. The van der Waals surface area contributed by atoms with Gasteiger partial charge in [0.25, 0.3) is 0 Å². The van der Waals surface area contributed by atoms with Crippen LogP contribution in [0.1, 0.15) is 88.6 Å². The minimum Gasteiger partial charge on any atom is -0.508 e. The van der Waals surface area contributed by atoms with E-state index in [1.165, 1.54) is 0 Å². The van der Waals surface area contributed by atoms with E-state index in [-0.39, 0.29) is 41.6 Å². The van der Waals surface area contributed by atoms with Gasteiger partial charge in [-0.05, 0) is 73.8 Å². The fraction of sp³-hybridized carbons (Fsp3) is 0.472. The third kappa shape index (κ3) is 3.93. The van der Waals surface area contributed by atoms with Crippen LogP contribution >= 0.6 is 0 Å². The Hall–Kier alpha value is -3.71. The SMILES string of the molecule is CC(=O)C1=C(O)[C@]2(O)C(=O)C3=C(O)c4c(O)c(-c5ccc(C)cc5C)cc(C(C)C)c4C[C@]3(C)C[C@]2(C)C(C(C)C)C1=O. The summed E-state index contributed by atoms with van der Waals surface area (Å²) < 4.78 is 0. The molecule has 5 rings (SSSR count). The monoisotopic (exact) mass is 586 g/mol. The Bertz CT molecular complexity index is 1690. The van der Waals surface area contributed by atoms with Gasteiger partial charge in [0.15, 0.2) is 17.2 Å². The normalized spacial score (nSPS) is 28.8. The number of carbonyl (C=O) groups is 3. The number of ketones is 3. The largest absolute Gasteiger partial charge is 0.508 e. The van der Waals surface area contributed by atoms with Gasteiger partial charge in [0, 0.05) is 27.9 Å². The van der Waals surface area contributed by atoms with Gasteiger partial charge >= 0.3 is 0 Å². The number of hydrogen-bond acceptors (Lipinski definition) is 7. The Morgan fingerprint density at radius 3 is 2.14 bits per heavy atom. The molecule has 0 spiro atoms. The van der Waals surface area contributed by atoms with E-state index in [0.29, 0.717) is 11.1 Å².